The minimum absolute atomic E-state index is 0.545. The van der Waals surface area contributed by atoms with Crippen LogP contribution in [-0.4, -0.2) is 11.8 Å². The van der Waals surface area contributed by atoms with Crippen molar-refractivity contribution in [1.82, 2.24) is 0 Å². The average Bonchev–Trinajstić information content (AvgIpc) is 2.69. The van der Waals surface area contributed by atoms with Crippen LogP contribution in [0.3, 0.4) is 0 Å². The van der Waals surface area contributed by atoms with Gasteiger partial charge < -0.3 is 5.73 Å². The van der Waals surface area contributed by atoms with Crippen LogP contribution in [0.1, 0.15) is 12.5 Å². The van der Waals surface area contributed by atoms with Crippen molar-refractivity contribution >= 4 is 33.2 Å². The molecule has 2 rings (SSSR count). The van der Waals surface area contributed by atoms with Crippen LogP contribution in [0.5, 0.6) is 0 Å². The molecule has 0 saturated heterocycles. The maximum Gasteiger partial charge on any atom is 0.0345 e. The molecule has 0 amide bonds. The molecule has 0 radical (unpaired) electrons. The summed E-state index contributed by atoms with van der Waals surface area (Å²) in [7, 11) is 0. The molecule has 0 fully saturated rings. The molecule has 1 nitrogen and oxygen atoms in total. The number of hydrogen-bond donors (Lipinski definition) is 1. The lowest BCUT2D eigenvalue weighted by Crippen LogP contribution is -2.12. The Hall–Kier alpha value is -0.510. The lowest BCUT2D eigenvalue weighted by atomic mass is 10.2. The topological polar surface area (TPSA) is 26.0 Å². The standard InChI is InChI=1S/C12H15NS2/c1-9(6-13)14-7-10-8-15-12-5-3-2-4-11(10)12/h2-5,8-9H,6-7,13H2,1H3. The van der Waals surface area contributed by atoms with E-state index in [2.05, 4.69) is 36.6 Å². The van der Waals surface area contributed by atoms with Gasteiger partial charge in [0.2, 0.25) is 0 Å². The molecule has 80 valence electrons. The van der Waals surface area contributed by atoms with Crippen LogP contribution in [0.25, 0.3) is 10.1 Å². The predicted molar refractivity (Wildman–Crippen MR) is 71.6 cm³/mol. The molecule has 0 spiro atoms. The summed E-state index contributed by atoms with van der Waals surface area (Å²) in [5.41, 5.74) is 7.05. The van der Waals surface area contributed by atoms with Gasteiger partial charge in [0.15, 0.2) is 0 Å². The highest BCUT2D eigenvalue weighted by molar-refractivity contribution is 7.99. The Morgan fingerprint density at radius 1 is 1.40 bits per heavy atom. The quantitative estimate of drug-likeness (QED) is 0.881. The summed E-state index contributed by atoms with van der Waals surface area (Å²) < 4.78 is 1.38. The summed E-state index contributed by atoms with van der Waals surface area (Å²) >= 11 is 3.76. The fourth-order valence-electron chi connectivity index (χ4n) is 1.44. The summed E-state index contributed by atoms with van der Waals surface area (Å²) in [4.78, 5) is 0. The zero-order valence-corrected chi connectivity index (χ0v) is 10.4. The molecule has 1 aromatic carbocycles. The summed E-state index contributed by atoms with van der Waals surface area (Å²) in [5.74, 6) is 1.07. The van der Waals surface area contributed by atoms with Gasteiger partial charge in [-0.1, -0.05) is 25.1 Å². The molecular weight excluding hydrogens is 222 g/mol. The normalized spacial score (nSPS) is 13.2. The van der Waals surface area contributed by atoms with Crippen LogP contribution in [0.2, 0.25) is 0 Å². The van der Waals surface area contributed by atoms with Gasteiger partial charge in [-0.15, -0.1) is 11.3 Å². The molecule has 1 aromatic heterocycles. The maximum absolute atomic E-state index is 5.61. The van der Waals surface area contributed by atoms with Gasteiger partial charge >= 0.3 is 0 Å². The van der Waals surface area contributed by atoms with E-state index in [1.54, 1.807) is 0 Å². The molecule has 3 heteroatoms. The second-order valence-corrected chi connectivity index (χ2v) is 5.95. The van der Waals surface area contributed by atoms with Crippen LogP contribution in [0.15, 0.2) is 29.6 Å². The minimum Gasteiger partial charge on any atom is -0.329 e. The first-order valence-corrected chi connectivity index (χ1v) is 7.01. The first kappa shape index (κ1) is 11.0. The van der Waals surface area contributed by atoms with Gasteiger partial charge in [-0.05, 0) is 22.4 Å². The molecule has 0 saturated carbocycles. The molecule has 1 unspecified atom stereocenters. The fraction of sp³-hybridized carbons (Fsp3) is 0.333. The van der Waals surface area contributed by atoms with E-state index >= 15 is 0 Å². The van der Waals surface area contributed by atoms with Gasteiger partial charge in [0, 0.05) is 22.2 Å². The second-order valence-electron chi connectivity index (χ2n) is 3.61. The van der Waals surface area contributed by atoms with Crippen molar-refractivity contribution in [2.24, 2.45) is 5.73 Å². The molecular formula is C12H15NS2. The highest BCUT2D eigenvalue weighted by atomic mass is 32.2. The lowest BCUT2D eigenvalue weighted by Gasteiger charge is -2.06. The molecule has 1 heterocycles. The molecule has 0 aliphatic carbocycles. The first-order chi connectivity index (χ1) is 7.31. The van der Waals surface area contributed by atoms with Crippen LogP contribution in [0, 0.1) is 0 Å². The van der Waals surface area contributed by atoms with Crippen molar-refractivity contribution in [3.63, 3.8) is 0 Å². The third-order valence-electron chi connectivity index (χ3n) is 2.42. The van der Waals surface area contributed by atoms with Crippen molar-refractivity contribution in [1.29, 1.82) is 0 Å². The predicted octanol–water partition coefficient (Wildman–Crippen LogP) is 3.48. The largest absolute Gasteiger partial charge is 0.329 e. The Labute approximate surface area is 98.7 Å². The summed E-state index contributed by atoms with van der Waals surface area (Å²) in [5, 5.41) is 4.21. The van der Waals surface area contributed by atoms with Crippen molar-refractivity contribution in [3.8, 4) is 0 Å². The first-order valence-electron chi connectivity index (χ1n) is 5.08. The van der Waals surface area contributed by atoms with E-state index in [-0.39, 0.29) is 0 Å². The minimum atomic E-state index is 0.545. The number of fused-ring (bicyclic) bond motifs is 1. The Morgan fingerprint density at radius 3 is 3.00 bits per heavy atom. The van der Waals surface area contributed by atoms with Crippen molar-refractivity contribution < 1.29 is 0 Å². The number of benzene rings is 1. The van der Waals surface area contributed by atoms with Crippen LogP contribution < -0.4 is 5.73 Å². The highest BCUT2D eigenvalue weighted by Gasteiger charge is 2.05. The van der Waals surface area contributed by atoms with Gasteiger partial charge in [0.05, 0.1) is 0 Å². The zero-order valence-electron chi connectivity index (χ0n) is 8.77. The summed E-state index contributed by atoms with van der Waals surface area (Å²) in [6.07, 6.45) is 0. The van der Waals surface area contributed by atoms with Gasteiger partial charge in [0.25, 0.3) is 0 Å². The Kier molecular flexibility index (Phi) is 3.67. The average molecular weight is 237 g/mol. The van der Waals surface area contributed by atoms with Gasteiger partial charge in [-0.3, -0.25) is 0 Å². The van der Waals surface area contributed by atoms with E-state index in [4.69, 9.17) is 5.73 Å². The molecule has 0 aliphatic heterocycles. The van der Waals surface area contributed by atoms with Crippen molar-refractivity contribution in [2.45, 2.75) is 17.9 Å². The van der Waals surface area contributed by atoms with Gasteiger partial charge in [-0.25, -0.2) is 0 Å². The molecule has 1 atom stereocenters. The molecule has 15 heavy (non-hydrogen) atoms. The lowest BCUT2D eigenvalue weighted by molar-refractivity contribution is 0.951. The molecule has 0 aliphatic rings. The zero-order chi connectivity index (χ0) is 10.7. The number of nitrogens with two attached hydrogens (primary N) is 1. The molecule has 2 aromatic rings. The van der Waals surface area contributed by atoms with Crippen LogP contribution in [0.4, 0.5) is 0 Å². The SMILES string of the molecule is CC(CN)SCc1csc2ccccc12. The van der Waals surface area contributed by atoms with E-state index in [9.17, 15) is 0 Å². The molecule has 0 bridgehead atoms. The Bertz CT molecular complexity index is 436. The Morgan fingerprint density at radius 2 is 2.20 bits per heavy atom. The monoisotopic (exact) mass is 237 g/mol. The van der Waals surface area contributed by atoms with Crippen molar-refractivity contribution in [3.05, 3.63) is 35.2 Å². The fourth-order valence-corrected chi connectivity index (χ4v) is 3.35. The van der Waals surface area contributed by atoms with Crippen molar-refractivity contribution in [2.75, 3.05) is 6.54 Å². The third kappa shape index (κ3) is 2.54. The summed E-state index contributed by atoms with van der Waals surface area (Å²) in [6, 6.07) is 8.59. The third-order valence-corrected chi connectivity index (χ3v) is 4.67. The number of hydrogen-bond acceptors (Lipinski definition) is 3. The Balaban J connectivity index is 2.14. The van der Waals surface area contributed by atoms with Crippen LogP contribution in [-0.2, 0) is 5.75 Å². The number of thioether (sulfide) groups is 1. The van der Waals surface area contributed by atoms with E-state index in [0.29, 0.717) is 5.25 Å². The van der Waals surface area contributed by atoms with E-state index in [1.165, 1.54) is 15.6 Å². The molecule has 2 N–H and O–H groups in total. The van der Waals surface area contributed by atoms with E-state index in [1.807, 2.05) is 23.1 Å². The summed E-state index contributed by atoms with van der Waals surface area (Å²) in [6.45, 7) is 2.94. The van der Waals surface area contributed by atoms with E-state index in [0.717, 1.165) is 12.3 Å². The number of rotatable bonds is 4. The van der Waals surface area contributed by atoms with Crippen LogP contribution >= 0.6 is 23.1 Å². The second kappa shape index (κ2) is 5.01. The van der Waals surface area contributed by atoms with E-state index < -0.39 is 0 Å². The van der Waals surface area contributed by atoms with Gasteiger partial charge in [0.1, 0.15) is 0 Å². The maximum atomic E-state index is 5.61. The van der Waals surface area contributed by atoms with Gasteiger partial charge in [-0.2, -0.15) is 11.8 Å². The highest BCUT2D eigenvalue weighted by Crippen LogP contribution is 2.29. The number of thiophene rings is 1. The smallest absolute Gasteiger partial charge is 0.0345 e.